The number of benzene rings is 1. The molecule has 2 aromatic rings. The maximum absolute atomic E-state index is 12.2. The molecule has 1 aromatic heterocycles. The zero-order chi connectivity index (χ0) is 14.5. The van der Waals surface area contributed by atoms with E-state index in [1.54, 1.807) is 18.2 Å². The van der Waals surface area contributed by atoms with Crippen molar-refractivity contribution in [1.29, 1.82) is 0 Å². The van der Waals surface area contributed by atoms with Gasteiger partial charge >= 0.3 is 0 Å². The minimum atomic E-state index is -0.387. The molecule has 0 bridgehead atoms. The van der Waals surface area contributed by atoms with Crippen LogP contribution in [0, 0.1) is 0 Å². The number of pyridine rings is 1. The summed E-state index contributed by atoms with van der Waals surface area (Å²) in [5, 5.41) is 2.84. The Morgan fingerprint density at radius 3 is 2.95 bits per heavy atom. The van der Waals surface area contributed by atoms with Crippen LogP contribution in [0.2, 0.25) is 5.15 Å². The van der Waals surface area contributed by atoms with Crippen molar-refractivity contribution < 1.29 is 9.53 Å². The molecule has 0 aliphatic rings. The third kappa shape index (κ3) is 3.19. The molecule has 104 valence electrons. The molecule has 2 rings (SSSR count). The number of nitrogen functional groups attached to an aromatic ring is 1. The second-order valence-electron chi connectivity index (χ2n) is 3.99. The summed E-state index contributed by atoms with van der Waals surface area (Å²) >= 11 is 5.90. The number of hydrogen-bond acceptors (Lipinski definition) is 4. The molecular formula is C14H14ClN3O2. The predicted octanol–water partition coefficient (Wildman–Crippen LogP) is 2.97. The Morgan fingerprint density at radius 1 is 1.45 bits per heavy atom. The van der Waals surface area contributed by atoms with Crippen LogP contribution in [-0.2, 0) is 0 Å². The summed E-state index contributed by atoms with van der Waals surface area (Å²) in [6, 6.07) is 8.63. The second kappa shape index (κ2) is 6.25. The summed E-state index contributed by atoms with van der Waals surface area (Å²) in [7, 11) is 0. The summed E-state index contributed by atoms with van der Waals surface area (Å²) in [6.45, 7) is 2.38. The van der Waals surface area contributed by atoms with E-state index in [9.17, 15) is 4.79 Å². The van der Waals surface area contributed by atoms with Crippen molar-refractivity contribution in [1.82, 2.24) is 4.98 Å². The highest BCUT2D eigenvalue weighted by Gasteiger charge is 2.14. The van der Waals surface area contributed by atoms with Gasteiger partial charge in [0.2, 0.25) is 0 Å². The molecule has 0 radical (unpaired) electrons. The predicted molar refractivity (Wildman–Crippen MR) is 79.2 cm³/mol. The summed E-state index contributed by atoms with van der Waals surface area (Å²) in [5.41, 5.74) is 6.77. The average Bonchev–Trinajstić information content (AvgIpc) is 2.44. The lowest BCUT2D eigenvalue weighted by molar-refractivity contribution is 0.102. The van der Waals surface area contributed by atoms with Crippen molar-refractivity contribution in [2.75, 3.05) is 17.7 Å². The average molecular weight is 292 g/mol. The zero-order valence-corrected chi connectivity index (χ0v) is 11.6. The van der Waals surface area contributed by atoms with E-state index in [4.69, 9.17) is 22.1 Å². The fourth-order valence-corrected chi connectivity index (χ4v) is 1.85. The monoisotopic (exact) mass is 291 g/mol. The van der Waals surface area contributed by atoms with Gasteiger partial charge in [-0.15, -0.1) is 0 Å². The Bertz CT molecular complexity index is 632. The number of nitrogens with one attached hydrogen (secondary N) is 1. The van der Waals surface area contributed by atoms with Gasteiger partial charge < -0.3 is 15.8 Å². The molecule has 0 fully saturated rings. The van der Waals surface area contributed by atoms with Gasteiger partial charge in [-0.3, -0.25) is 4.79 Å². The molecule has 20 heavy (non-hydrogen) atoms. The molecule has 0 unspecified atom stereocenters. The number of ether oxygens (including phenoxy) is 1. The lowest BCUT2D eigenvalue weighted by atomic mass is 10.2. The van der Waals surface area contributed by atoms with Gasteiger partial charge in [0.25, 0.3) is 5.91 Å². The maximum atomic E-state index is 12.2. The molecule has 0 aliphatic heterocycles. The van der Waals surface area contributed by atoms with E-state index in [1.807, 2.05) is 13.0 Å². The normalized spacial score (nSPS) is 10.1. The van der Waals surface area contributed by atoms with Crippen LogP contribution >= 0.6 is 11.6 Å². The molecule has 0 spiro atoms. The third-order valence-corrected chi connectivity index (χ3v) is 2.84. The first-order valence-electron chi connectivity index (χ1n) is 6.06. The van der Waals surface area contributed by atoms with E-state index in [0.717, 1.165) is 0 Å². The molecule has 3 N–H and O–H groups in total. The van der Waals surface area contributed by atoms with Gasteiger partial charge in [0.15, 0.2) is 0 Å². The fourth-order valence-electron chi connectivity index (χ4n) is 1.66. The number of aromatic nitrogens is 1. The van der Waals surface area contributed by atoms with Crippen LogP contribution in [0.4, 0.5) is 11.4 Å². The van der Waals surface area contributed by atoms with Crippen LogP contribution in [0.25, 0.3) is 0 Å². The second-order valence-corrected chi connectivity index (χ2v) is 4.35. The van der Waals surface area contributed by atoms with Crippen molar-refractivity contribution in [3.05, 3.63) is 47.2 Å². The van der Waals surface area contributed by atoms with E-state index in [-0.39, 0.29) is 16.6 Å². The Kier molecular flexibility index (Phi) is 4.42. The van der Waals surface area contributed by atoms with Gasteiger partial charge in [0, 0.05) is 0 Å². The number of nitrogens with two attached hydrogens (primary N) is 1. The van der Waals surface area contributed by atoms with E-state index < -0.39 is 0 Å². The largest absolute Gasteiger partial charge is 0.492 e. The van der Waals surface area contributed by atoms with E-state index in [1.165, 1.54) is 12.3 Å². The van der Waals surface area contributed by atoms with Gasteiger partial charge in [-0.2, -0.15) is 0 Å². The van der Waals surface area contributed by atoms with Crippen molar-refractivity contribution in [3.63, 3.8) is 0 Å². The number of rotatable bonds is 4. The summed E-state index contributed by atoms with van der Waals surface area (Å²) in [4.78, 5) is 16.0. The Balaban J connectivity index is 2.26. The van der Waals surface area contributed by atoms with Crippen LogP contribution in [-0.4, -0.2) is 17.5 Å². The lowest BCUT2D eigenvalue weighted by Gasteiger charge is -2.11. The van der Waals surface area contributed by atoms with E-state index in [0.29, 0.717) is 23.7 Å². The Hall–Kier alpha value is -2.27. The van der Waals surface area contributed by atoms with Gasteiger partial charge in [0.05, 0.1) is 29.7 Å². The molecule has 0 saturated heterocycles. The van der Waals surface area contributed by atoms with Gasteiger partial charge in [0.1, 0.15) is 10.9 Å². The molecule has 0 aliphatic carbocycles. The molecule has 0 saturated carbocycles. The zero-order valence-electron chi connectivity index (χ0n) is 10.9. The molecule has 5 nitrogen and oxygen atoms in total. The Morgan fingerprint density at radius 2 is 2.20 bits per heavy atom. The topological polar surface area (TPSA) is 77.2 Å². The van der Waals surface area contributed by atoms with Crippen LogP contribution in [0.3, 0.4) is 0 Å². The van der Waals surface area contributed by atoms with Crippen molar-refractivity contribution in [2.45, 2.75) is 6.92 Å². The van der Waals surface area contributed by atoms with Crippen LogP contribution in [0.15, 0.2) is 36.5 Å². The van der Waals surface area contributed by atoms with Crippen molar-refractivity contribution in [3.8, 4) is 5.75 Å². The van der Waals surface area contributed by atoms with Gasteiger partial charge in [-0.1, -0.05) is 23.7 Å². The molecular weight excluding hydrogens is 278 g/mol. The first-order chi connectivity index (χ1) is 9.61. The number of carbonyl (C=O) groups is 1. The number of halogens is 1. The van der Waals surface area contributed by atoms with Gasteiger partial charge in [-0.25, -0.2) is 4.98 Å². The van der Waals surface area contributed by atoms with Crippen molar-refractivity contribution >= 4 is 28.9 Å². The quantitative estimate of drug-likeness (QED) is 0.849. The van der Waals surface area contributed by atoms with E-state index in [2.05, 4.69) is 10.3 Å². The van der Waals surface area contributed by atoms with Crippen LogP contribution in [0.1, 0.15) is 17.3 Å². The SMILES string of the molecule is CCOc1ccccc1NC(=O)c1cc(N)cnc1Cl. The standard InChI is InChI=1S/C14H14ClN3O2/c1-2-20-12-6-4-3-5-11(12)18-14(19)10-7-9(16)8-17-13(10)15/h3-8H,2,16H2,1H3,(H,18,19). The number of para-hydroxylation sites is 2. The summed E-state index contributed by atoms with van der Waals surface area (Å²) < 4.78 is 5.44. The minimum absolute atomic E-state index is 0.102. The van der Waals surface area contributed by atoms with Crippen molar-refractivity contribution in [2.24, 2.45) is 0 Å². The molecule has 6 heteroatoms. The fraction of sp³-hybridized carbons (Fsp3) is 0.143. The lowest BCUT2D eigenvalue weighted by Crippen LogP contribution is -2.14. The summed E-state index contributed by atoms with van der Waals surface area (Å²) in [6.07, 6.45) is 1.40. The van der Waals surface area contributed by atoms with E-state index >= 15 is 0 Å². The third-order valence-electron chi connectivity index (χ3n) is 2.54. The maximum Gasteiger partial charge on any atom is 0.258 e. The van der Waals surface area contributed by atoms with Gasteiger partial charge in [-0.05, 0) is 25.1 Å². The molecule has 1 amide bonds. The highest BCUT2D eigenvalue weighted by Crippen LogP contribution is 2.25. The number of amides is 1. The Labute approximate surface area is 121 Å². The number of carbonyl (C=O) groups excluding carboxylic acids is 1. The molecule has 1 heterocycles. The molecule has 1 aromatic carbocycles. The smallest absolute Gasteiger partial charge is 0.258 e. The minimum Gasteiger partial charge on any atom is -0.492 e. The highest BCUT2D eigenvalue weighted by molar-refractivity contribution is 6.33. The first-order valence-corrected chi connectivity index (χ1v) is 6.43. The number of hydrogen-bond donors (Lipinski definition) is 2. The molecule has 0 atom stereocenters. The first kappa shape index (κ1) is 14.1. The summed E-state index contributed by atoms with van der Waals surface area (Å²) in [5.74, 6) is 0.207. The van der Waals surface area contributed by atoms with Crippen LogP contribution < -0.4 is 15.8 Å². The van der Waals surface area contributed by atoms with Crippen LogP contribution in [0.5, 0.6) is 5.75 Å². The highest BCUT2D eigenvalue weighted by atomic mass is 35.5. The number of nitrogens with zero attached hydrogens (tertiary/aromatic N) is 1. The number of anilines is 2.